The molecule has 1 aromatic heterocycles. The number of hydrogen-bond donors (Lipinski definition) is 3. The van der Waals surface area contributed by atoms with Crippen LogP contribution in [0.3, 0.4) is 0 Å². The third-order valence-electron chi connectivity index (χ3n) is 1.72. The van der Waals surface area contributed by atoms with Crippen molar-refractivity contribution in [2.75, 3.05) is 6.54 Å². The van der Waals surface area contributed by atoms with Crippen molar-refractivity contribution in [3.05, 3.63) is 23.7 Å². The van der Waals surface area contributed by atoms with E-state index in [0.717, 1.165) is 5.76 Å². The highest BCUT2D eigenvalue weighted by molar-refractivity contribution is 5.73. The van der Waals surface area contributed by atoms with Gasteiger partial charge in [0, 0.05) is 13.0 Å². The second kappa shape index (κ2) is 5.41. The molecule has 78 valence electrons. The number of carbonyl (C=O) groups excluding carboxylic acids is 1. The maximum Gasteiger partial charge on any atom is 0.218 e. The Bertz CT molecular complexity index is 296. The van der Waals surface area contributed by atoms with Crippen molar-refractivity contribution >= 4 is 5.91 Å². The number of amides is 1. The first-order chi connectivity index (χ1) is 6.72. The van der Waals surface area contributed by atoms with Crippen molar-refractivity contribution in [3.63, 3.8) is 0 Å². The molecule has 0 aliphatic carbocycles. The van der Waals surface area contributed by atoms with Gasteiger partial charge < -0.3 is 20.6 Å². The van der Waals surface area contributed by atoms with Gasteiger partial charge in [-0.1, -0.05) is 0 Å². The van der Waals surface area contributed by atoms with Gasteiger partial charge >= 0.3 is 0 Å². The van der Waals surface area contributed by atoms with E-state index in [1.807, 2.05) is 0 Å². The number of primary amides is 1. The van der Waals surface area contributed by atoms with Crippen LogP contribution in [-0.2, 0) is 17.9 Å². The zero-order chi connectivity index (χ0) is 10.4. The molecule has 0 fully saturated rings. The molecule has 0 aromatic carbocycles. The van der Waals surface area contributed by atoms with Crippen LogP contribution in [-0.4, -0.2) is 17.6 Å². The fourth-order valence-electron chi connectivity index (χ4n) is 1.03. The van der Waals surface area contributed by atoms with Crippen LogP contribution in [0, 0.1) is 0 Å². The molecule has 0 bridgehead atoms. The Morgan fingerprint density at radius 2 is 2.21 bits per heavy atom. The van der Waals surface area contributed by atoms with E-state index < -0.39 is 0 Å². The van der Waals surface area contributed by atoms with Crippen LogP contribution in [0.5, 0.6) is 0 Å². The molecule has 4 N–H and O–H groups in total. The van der Waals surface area contributed by atoms with Crippen molar-refractivity contribution < 1.29 is 14.3 Å². The van der Waals surface area contributed by atoms with E-state index in [0.29, 0.717) is 25.3 Å². The van der Waals surface area contributed by atoms with Gasteiger partial charge in [-0.15, -0.1) is 0 Å². The maximum atomic E-state index is 10.4. The summed E-state index contributed by atoms with van der Waals surface area (Å²) in [7, 11) is 0. The summed E-state index contributed by atoms with van der Waals surface area (Å²) >= 11 is 0. The minimum Gasteiger partial charge on any atom is -0.462 e. The van der Waals surface area contributed by atoms with Gasteiger partial charge in [-0.25, -0.2) is 0 Å². The summed E-state index contributed by atoms with van der Waals surface area (Å²) in [5.74, 6) is 0.947. The topological polar surface area (TPSA) is 88.5 Å². The largest absolute Gasteiger partial charge is 0.462 e. The number of aliphatic hydroxyl groups is 1. The van der Waals surface area contributed by atoms with Crippen molar-refractivity contribution in [1.82, 2.24) is 5.32 Å². The number of aliphatic hydroxyl groups excluding tert-OH is 1. The predicted octanol–water partition coefficient (Wildman–Crippen LogP) is -0.263. The van der Waals surface area contributed by atoms with Crippen LogP contribution in [0.15, 0.2) is 16.5 Å². The second-order valence-electron chi connectivity index (χ2n) is 2.92. The van der Waals surface area contributed by atoms with Gasteiger partial charge in [-0.3, -0.25) is 4.79 Å². The average molecular weight is 198 g/mol. The molecule has 0 saturated heterocycles. The quantitative estimate of drug-likeness (QED) is 0.549. The molecule has 0 radical (unpaired) electrons. The minimum atomic E-state index is -0.326. The maximum absolute atomic E-state index is 10.4. The highest BCUT2D eigenvalue weighted by Crippen LogP contribution is 2.06. The minimum absolute atomic E-state index is 0.0959. The van der Waals surface area contributed by atoms with E-state index in [2.05, 4.69) is 5.32 Å². The van der Waals surface area contributed by atoms with Crippen LogP contribution < -0.4 is 11.1 Å². The number of carbonyl (C=O) groups is 1. The van der Waals surface area contributed by atoms with E-state index in [-0.39, 0.29) is 12.5 Å². The number of rotatable bonds is 6. The van der Waals surface area contributed by atoms with Gasteiger partial charge in [-0.2, -0.15) is 0 Å². The number of nitrogens with one attached hydrogen (secondary N) is 1. The monoisotopic (exact) mass is 198 g/mol. The predicted molar refractivity (Wildman–Crippen MR) is 50.1 cm³/mol. The lowest BCUT2D eigenvalue weighted by Crippen LogP contribution is -2.21. The number of hydrogen-bond acceptors (Lipinski definition) is 4. The van der Waals surface area contributed by atoms with Gasteiger partial charge in [0.15, 0.2) is 0 Å². The van der Waals surface area contributed by atoms with Gasteiger partial charge in [0.2, 0.25) is 5.91 Å². The van der Waals surface area contributed by atoms with Gasteiger partial charge in [0.25, 0.3) is 0 Å². The van der Waals surface area contributed by atoms with Crippen molar-refractivity contribution in [2.45, 2.75) is 19.6 Å². The standard InChI is InChI=1S/C9H14N2O3/c10-9(13)3-4-11-5-7-1-2-8(6-12)14-7/h1-2,11-12H,3-6H2,(H2,10,13). The Morgan fingerprint density at radius 1 is 1.50 bits per heavy atom. The lowest BCUT2D eigenvalue weighted by molar-refractivity contribution is -0.117. The first-order valence-corrected chi connectivity index (χ1v) is 4.40. The van der Waals surface area contributed by atoms with Crippen LogP contribution in [0.1, 0.15) is 17.9 Å². The molecule has 1 amide bonds. The van der Waals surface area contributed by atoms with Gasteiger partial charge in [-0.05, 0) is 12.1 Å². The Labute approximate surface area is 81.9 Å². The fourth-order valence-corrected chi connectivity index (χ4v) is 1.03. The summed E-state index contributed by atoms with van der Waals surface area (Å²) < 4.78 is 5.21. The molecule has 0 aliphatic heterocycles. The molecule has 0 saturated carbocycles. The smallest absolute Gasteiger partial charge is 0.218 e. The first kappa shape index (κ1) is 10.7. The summed E-state index contributed by atoms with van der Waals surface area (Å²) in [6.45, 7) is 0.971. The van der Waals surface area contributed by atoms with Gasteiger partial charge in [0.1, 0.15) is 18.1 Å². The second-order valence-corrected chi connectivity index (χ2v) is 2.92. The van der Waals surface area contributed by atoms with Crippen LogP contribution in [0.25, 0.3) is 0 Å². The molecule has 1 aromatic rings. The third kappa shape index (κ3) is 3.59. The Hall–Kier alpha value is -1.33. The summed E-state index contributed by atoms with van der Waals surface area (Å²) in [5.41, 5.74) is 4.96. The highest BCUT2D eigenvalue weighted by Gasteiger charge is 2.00. The summed E-state index contributed by atoms with van der Waals surface area (Å²) in [4.78, 5) is 10.4. The molecule has 0 spiro atoms. The normalized spacial score (nSPS) is 10.4. The van der Waals surface area contributed by atoms with Crippen LogP contribution in [0.2, 0.25) is 0 Å². The first-order valence-electron chi connectivity index (χ1n) is 4.40. The van der Waals surface area contributed by atoms with Crippen LogP contribution >= 0.6 is 0 Å². The number of nitrogens with two attached hydrogens (primary N) is 1. The Kier molecular flexibility index (Phi) is 4.15. The van der Waals surface area contributed by atoms with Crippen molar-refractivity contribution in [2.24, 2.45) is 5.73 Å². The summed E-state index contributed by atoms with van der Waals surface area (Å²) in [6, 6.07) is 3.49. The molecular weight excluding hydrogens is 184 g/mol. The number of furan rings is 1. The van der Waals surface area contributed by atoms with Crippen molar-refractivity contribution in [3.8, 4) is 0 Å². The Balaban J connectivity index is 2.21. The van der Waals surface area contributed by atoms with E-state index in [1.54, 1.807) is 12.1 Å². The van der Waals surface area contributed by atoms with E-state index in [4.69, 9.17) is 15.3 Å². The lowest BCUT2D eigenvalue weighted by Gasteiger charge is -1.99. The fraction of sp³-hybridized carbons (Fsp3) is 0.444. The third-order valence-corrected chi connectivity index (χ3v) is 1.72. The molecule has 0 unspecified atom stereocenters. The summed E-state index contributed by atoms with van der Waals surface area (Å²) in [6.07, 6.45) is 0.313. The average Bonchev–Trinajstić information content (AvgIpc) is 2.60. The highest BCUT2D eigenvalue weighted by atomic mass is 16.4. The zero-order valence-electron chi connectivity index (χ0n) is 7.82. The lowest BCUT2D eigenvalue weighted by atomic mass is 10.4. The molecule has 1 rings (SSSR count). The Morgan fingerprint density at radius 3 is 2.79 bits per heavy atom. The van der Waals surface area contributed by atoms with Crippen molar-refractivity contribution in [1.29, 1.82) is 0 Å². The molecule has 0 aliphatic rings. The molecule has 5 heteroatoms. The van der Waals surface area contributed by atoms with E-state index in [1.165, 1.54) is 0 Å². The summed E-state index contributed by atoms with van der Waals surface area (Å²) in [5, 5.41) is 11.7. The molecular formula is C9H14N2O3. The van der Waals surface area contributed by atoms with Gasteiger partial charge in [0.05, 0.1) is 6.54 Å². The van der Waals surface area contributed by atoms with Crippen LogP contribution in [0.4, 0.5) is 0 Å². The zero-order valence-corrected chi connectivity index (χ0v) is 7.82. The SMILES string of the molecule is NC(=O)CCNCc1ccc(CO)o1. The van der Waals surface area contributed by atoms with E-state index in [9.17, 15) is 4.79 Å². The molecule has 5 nitrogen and oxygen atoms in total. The van der Waals surface area contributed by atoms with E-state index >= 15 is 0 Å². The molecule has 1 heterocycles. The molecule has 0 atom stereocenters. The molecule has 14 heavy (non-hydrogen) atoms.